The third-order valence-electron chi connectivity index (χ3n) is 3.96. The number of nitrogens with one attached hydrogen (secondary N) is 1. The van der Waals surface area contributed by atoms with E-state index >= 15 is 0 Å². The van der Waals surface area contributed by atoms with Crippen molar-refractivity contribution in [2.75, 3.05) is 19.5 Å². The fraction of sp³-hybridized carbons (Fsp3) is 0.176. The molecule has 1 atom stereocenters. The number of nitrogens with zero attached hydrogens (tertiary/aromatic N) is 1. The summed E-state index contributed by atoms with van der Waals surface area (Å²) in [7, 11) is -1.08. The normalized spacial score (nSPS) is 15.4. The molecule has 0 spiro atoms. The quantitative estimate of drug-likeness (QED) is 0.361. The van der Waals surface area contributed by atoms with Crippen LogP contribution in [0.4, 0.5) is 5.69 Å². The Morgan fingerprint density at radius 2 is 1.79 bits per heavy atom. The summed E-state index contributed by atoms with van der Waals surface area (Å²) < 4.78 is 43.0. The van der Waals surface area contributed by atoms with Gasteiger partial charge in [0.05, 0.1) is 19.1 Å². The topological polar surface area (TPSA) is 155 Å². The number of nitrogens with two attached hydrogens (primary N) is 2. The van der Waals surface area contributed by atoms with Gasteiger partial charge in [0.2, 0.25) is 12.2 Å². The Morgan fingerprint density at radius 3 is 2.36 bits per heavy atom. The average molecular weight is 406 g/mol. The first-order valence-electron chi connectivity index (χ1n) is 7.95. The van der Waals surface area contributed by atoms with Crippen molar-refractivity contribution in [1.82, 2.24) is 0 Å². The molecule has 1 aliphatic heterocycles. The van der Waals surface area contributed by atoms with E-state index in [0.717, 1.165) is 0 Å². The molecule has 1 aliphatic rings. The summed E-state index contributed by atoms with van der Waals surface area (Å²) in [5.74, 6) is -0.419. The summed E-state index contributed by atoms with van der Waals surface area (Å²) in [5.41, 5.74) is 11.6. The smallest absolute Gasteiger partial charge is 0.344 e. The summed E-state index contributed by atoms with van der Waals surface area (Å²) in [4.78, 5) is 12.2. The van der Waals surface area contributed by atoms with Crippen LogP contribution in [-0.2, 0) is 14.8 Å². The first-order chi connectivity index (χ1) is 13.3. The number of anilines is 1. The molecule has 3 rings (SSSR count). The number of ether oxygens (including phenoxy) is 3. The van der Waals surface area contributed by atoms with Crippen molar-refractivity contribution >= 4 is 27.6 Å². The van der Waals surface area contributed by atoms with Crippen molar-refractivity contribution in [3.05, 3.63) is 47.5 Å². The van der Waals surface area contributed by atoms with E-state index in [4.69, 9.17) is 25.7 Å². The summed E-state index contributed by atoms with van der Waals surface area (Å²) in [6.45, 7) is 0. The number of sulfonamides is 1. The van der Waals surface area contributed by atoms with Crippen molar-refractivity contribution in [2.24, 2.45) is 15.9 Å². The second kappa shape index (κ2) is 7.27. The molecule has 11 heteroatoms. The van der Waals surface area contributed by atoms with Gasteiger partial charge in [0, 0.05) is 11.3 Å². The molecule has 1 heterocycles. The van der Waals surface area contributed by atoms with Gasteiger partial charge in [-0.1, -0.05) is 0 Å². The maximum Gasteiger partial charge on any atom is 0.344 e. The van der Waals surface area contributed by atoms with Crippen molar-refractivity contribution in [2.45, 2.75) is 11.1 Å². The highest BCUT2D eigenvalue weighted by Gasteiger charge is 2.35. The number of carbonyl (C=O) groups is 1. The van der Waals surface area contributed by atoms with E-state index in [1.54, 1.807) is 12.1 Å². The molecule has 0 radical (unpaired) electrons. The largest absolute Gasteiger partial charge is 0.493 e. The highest BCUT2D eigenvalue weighted by atomic mass is 32.2. The van der Waals surface area contributed by atoms with Crippen LogP contribution in [0.5, 0.6) is 11.5 Å². The number of benzene rings is 2. The molecule has 0 saturated heterocycles. The minimum Gasteiger partial charge on any atom is -0.493 e. The lowest BCUT2D eigenvalue weighted by molar-refractivity contribution is 0.0435. The number of hydrogen-bond donors (Lipinski definition) is 3. The average Bonchev–Trinajstić information content (AvgIpc) is 2.96. The summed E-state index contributed by atoms with van der Waals surface area (Å²) in [5, 5.41) is 3.02. The van der Waals surface area contributed by atoms with E-state index in [1.165, 1.54) is 38.5 Å². The van der Waals surface area contributed by atoms with E-state index in [0.29, 0.717) is 17.0 Å². The Kier molecular flexibility index (Phi) is 5.01. The number of methoxy groups -OCH3 is 2. The fourth-order valence-electron chi connectivity index (χ4n) is 2.77. The van der Waals surface area contributed by atoms with E-state index < -0.39 is 28.2 Å². The van der Waals surface area contributed by atoms with Crippen LogP contribution in [0.25, 0.3) is 0 Å². The predicted molar refractivity (Wildman–Crippen MR) is 101 cm³/mol. The van der Waals surface area contributed by atoms with E-state index in [1.807, 2.05) is 0 Å². The number of hydrogen-bond acceptors (Lipinski definition) is 7. The van der Waals surface area contributed by atoms with Crippen LogP contribution >= 0.6 is 0 Å². The van der Waals surface area contributed by atoms with E-state index in [9.17, 15) is 13.2 Å². The van der Waals surface area contributed by atoms with Gasteiger partial charge in [-0.15, -0.1) is 4.40 Å². The molecule has 10 nitrogen and oxygen atoms in total. The molecule has 2 aromatic rings. The molecule has 0 amide bonds. The molecule has 5 N–H and O–H groups in total. The molecule has 0 fully saturated rings. The van der Waals surface area contributed by atoms with Crippen LogP contribution in [0.1, 0.15) is 22.1 Å². The number of carbonyl (C=O) groups excluding carboxylic acids is 1. The van der Waals surface area contributed by atoms with E-state index in [2.05, 4.69) is 9.71 Å². The molecule has 0 unspecified atom stereocenters. The first-order valence-corrected chi connectivity index (χ1v) is 9.39. The first kappa shape index (κ1) is 19.3. The minimum absolute atomic E-state index is 0.0818. The standard InChI is InChI=1S/C17H18N4O6S/c1-25-12-8-7-11-13(14(12)26-2)16(22)27-15(11)20-9-3-5-10(6-4-9)28(23,24)21-17(18)19/h3-8,15,20H,1-2H3,(H4,18,19,21)/t15-/m1/s1. The van der Waals surface area contributed by atoms with Gasteiger partial charge < -0.3 is 31.0 Å². The van der Waals surface area contributed by atoms with Gasteiger partial charge in [0.25, 0.3) is 10.0 Å². The van der Waals surface area contributed by atoms with Crippen LogP contribution in [-0.4, -0.2) is 34.6 Å². The lowest BCUT2D eigenvalue weighted by atomic mass is 10.1. The Balaban J connectivity index is 1.87. The summed E-state index contributed by atoms with van der Waals surface area (Å²) in [6.07, 6.45) is -0.775. The number of fused-ring (bicyclic) bond motifs is 1. The van der Waals surface area contributed by atoms with Gasteiger partial charge >= 0.3 is 5.97 Å². The van der Waals surface area contributed by atoms with Crippen LogP contribution in [0.2, 0.25) is 0 Å². The highest BCUT2D eigenvalue weighted by Crippen LogP contribution is 2.42. The molecular formula is C17H18N4O6S. The Labute approximate surface area is 161 Å². The van der Waals surface area contributed by atoms with Gasteiger partial charge in [0.1, 0.15) is 5.56 Å². The molecule has 148 valence electrons. The lowest BCUT2D eigenvalue weighted by Gasteiger charge is -2.15. The zero-order valence-corrected chi connectivity index (χ0v) is 15.8. The van der Waals surface area contributed by atoms with Crippen LogP contribution in [0, 0.1) is 0 Å². The number of rotatable bonds is 6. The molecule has 0 saturated carbocycles. The Hall–Kier alpha value is -3.47. The monoisotopic (exact) mass is 406 g/mol. The number of esters is 1. The van der Waals surface area contributed by atoms with Crippen LogP contribution < -0.4 is 26.3 Å². The molecule has 2 aromatic carbocycles. The maximum absolute atomic E-state index is 12.3. The Bertz CT molecular complexity index is 1050. The van der Waals surface area contributed by atoms with Gasteiger partial charge in [-0.25, -0.2) is 4.79 Å². The van der Waals surface area contributed by atoms with Crippen molar-refractivity contribution in [3.8, 4) is 11.5 Å². The lowest BCUT2D eigenvalue weighted by Crippen LogP contribution is -2.24. The fourth-order valence-corrected chi connectivity index (χ4v) is 3.64. The molecule has 28 heavy (non-hydrogen) atoms. The molecule has 0 aromatic heterocycles. The maximum atomic E-state index is 12.3. The minimum atomic E-state index is -3.98. The van der Waals surface area contributed by atoms with E-state index in [-0.39, 0.29) is 16.2 Å². The van der Waals surface area contributed by atoms with Crippen molar-refractivity contribution < 1.29 is 27.4 Å². The van der Waals surface area contributed by atoms with Gasteiger partial charge in [-0.3, -0.25) is 0 Å². The SMILES string of the molecule is COc1ccc2c(c1OC)C(=O)O[C@H]2Nc1ccc(S(=O)(=O)N=C(N)N)cc1. The van der Waals surface area contributed by atoms with Crippen LogP contribution in [0.3, 0.4) is 0 Å². The zero-order chi connectivity index (χ0) is 20.5. The van der Waals surface area contributed by atoms with Gasteiger partial charge in [-0.2, -0.15) is 8.42 Å². The summed E-state index contributed by atoms with van der Waals surface area (Å²) in [6, 6.07) is 9.02. The third-order valence-corrected chi connectivity index (χ3v) is 5.28. The molecule has 0 bridgehead atoms. The molecule has 0 aliphatic carbocycles. The molecular weight excluding hydrogens is 388 g/mol. The highest BCUT2D eigenvalue weighted by molar-refractivity contribution is 7.90. The predicted octanol–water partition coefficient (Wildman–Crippen LogP) is 0.947. The van der Waals surface area contributed by atoms with Gasteiger partial charge in [0.15, 0.2) is 11.5 Å². The number of guanidine groups is 1. The van der Waals surface area contributed by atoms with Crippen LogP contribution in [0.15, 0.2) is 45.7 Å². The second-order valence-corrected chi connectivity index (χ2v) is 7.31. The Morgan fingerprint density at radius 1 is 1.11 bits per heavy atom. The second-order valence-electron chi connectivity index (χ2n) is 5.71. The van der Waals surface area contributed by atoms with Crippen molar-refractivity contribution in [1.29, 1.82) is 0 Å². The summed E-state index contributed by atoms with van der Waals surface area (Å²) >= 11 is 0. The van der Waals surface area contributed by atoms with Gasteiger partial charge in [-0.05, 0) is 36.4 Å². The number of cyclic esters (lactones) is 1. The third kappa shape index (κ3) is 3.51. The zero-order valence-electron chi connectivity index (χ0n) is 15.0. The van der Waals surface area contributed by atoms with Crippen molar-refractivity contribution in [3.63, 3.8) is 0 Å².